The number of hydrogen-bond donors (Lipinski definition) is 0. The van der Waals surface area contributed by atoms with Gasteiger partial charge < -0.3 is 4.90 Å². The highest BCUT2D eigenvalue weighted by Crippen LogP contribution is 2.11. The maximum atomic E-state index is 13.1. The summed E-state index contributed by atoms with van der Waals surface area (Å²) in [6.07, 6.45) is 1.07. The van der Waals surface area contributed by atoms with Crippen molar-refractivity contribution in [2.24, 2.45) is 0 Å². The Labute approximate surface area is 114 Å². The first-order chi connectivity index (χ1) is 9.06. The third-order valence-electron chi connectivity index (χ3n) is 3.68. The van der Waals surface area contributed by atoms with Crippen LogP contribution in [0.5, 0.6) is 0 Å². The van der Waals surface area contributed by atoms with E-state index in [2.05, 4.69) is 23.8 Å². The number of likely N-dealkylation sites (N-methyl/N-ethyl adjacent to an activating group) is 1. The molecule has 0 bridgehead atoms. The highest BCUT2D eigenvalue weighted by atomic mass is 19.1. The molecule has 1 aliphatic rings. The molecule has 1 aliphatic heterocycles. The van der Waals surface area contributed by atoms with Gasteiger partial charge in [0.1, 0.15) is 5.82 Å². The zero-order valence-corrected chi connectivity index (χ0v) is 11.6. The second kappa shape index (κ2) is 6.26. The van der Waals surface area contributed by atoms with Gasteiger partial charge in [0, 0.05) is 24.7 Å². The van der Waals surface area contributed by atoms with Crippen LogP contribution >= 0.6 is 0 Å². The van der Waals surface area contributed by atoms with Gasteiger partial charge in [0.15, 0.2) is 5.78 Å². The van der Waals surface area contributed by atoms with Crippen molar-refractivity contribution in [3.8, 4) is 0 Å². The monoisotopic (exact) mass is 264 g/mol. The van der Waals surface area contributed by atoms with Crippen molar-refractivity contribution >= 4 is 5.78 Å². The minimum Gasteiger partial charge on any atom is -0.305 e. The fourth-order valence-corrected chi connectivity index (χ4v) is 2.59. The Morgan fingerprint density at radius 2 is 2.21 bits per heavy atom. The Balaban J connectivity index is 2.01. The fraction of sp³-hybridized carbons (Fsp3) is 0.533. The highest BCUT2D eigenvalue weighted by Gasteiger charge is 2.22. The molecule has 104 valence electrons. The summed E-state index contributed by atoms with van der Waals surface area (Å²) in [6.45, 7) is 5.47. The first-order valence-electron chi connectivity index (χ1n) is 6.77. The number of benzene rings is 1. The molecule has 0 saturated carbocycles. The molecule has 2 rings (SSSR count). The summed E-state index contributed by atoms with van der Waals surface area (Å²) < 4.78 is 13.1. The molecule has 4 heteroatoms. The van der Waals surface area contributed by atoms with Gasteiger partial charge in [0.25, 0.3) is 0 Å². The Hall–Kier alpha value is -1.26. The van der Waals surface area contributed by atoms with Crippen LogP contribution < -0.4 is 0 Å². The quantitative estimate of drug-likeness (QED) is 0.781. The average Bonchev–Trinajstić information content (AvgIpc) is 2.51. The van der Waals surface area contributed by atoms with E-state index < -0.39 is 0 Å². The largest absolute Gasteiger partial charge is 0.305 e. The third-order valence-corrected chi connectivity index (χ3v) is 3.68. The number of nitrogens with zero attached hydrogens (tertiary/aromatic N) is 2. The van der Waals surface area contributed by atoms with Gasteiger partial charge in [-0.3, -0.25) is 9.69 Å². The average molecular weight is 264 g/mol. The molecular weight excluding hydrogens is 243 g/mol. The van der Waals surface area contributed by atoms with Crippen LogP contribution in [0.25, 0.3) is 0 Å². The van der Waals surface area contributed by atoms with Crippen LogP contribution in [0.15, 0.2) is 24.3 Å². The van der Waals surface area contributed by atoms with Gasteiger partial charge in [-0.25, -0.2) is 4.39 Å². The van der Waals surface area contributed by atoms with Crippen LogP contribution in [0.4, 0.5) is 4.39 Å². The summed E-state index contributed by atoms with van der Waals surface area (Å²) in [6, 6.07) is 6.30. The fourth-order valence-electron chi connectivity index (χ4n) is 2.59. The normalized spacial score (nSPS) is 22.2. The molecule has 1 saturated heterocycles. The van der Waals surface area contributed by atoms with Crippen molar-refractivity contribution in [1.29, 1.82) is 0 Å². The Morgan fingerprint density at radius 3 is 2.95 bits per heavy atom. The summed E-state index contributed by atoms with van der Waals surface area (Å²) in [7, 11) is 2.11. The molecule has 0 amide bonds. The number of Topliss-reactive ketones (excluding diaryl/α,β-unsaturated/α-hetero) is 1. The summed E-state index contributed by atoms with van der Waals surface area (Å²) in [4.78, 5) is 16.7. The van der Waals surface area contributed by atoms with E-state index in [1.54, 1.807) is 12.1 Å². The van der Waals surface area contributed by atoms with E-state index in [4.69, 9.17) is 0 Å². The molecule has 1 unspecified atom stereocenters. The molecular formula is C15H21FN2O. The molecule has 0 aromatic heterocycles. The molecule has 1 heterocycles. The Kier molecular flexibility index (Phi) is 4.66. The second-order valence-corrected chi connectivity index (χ2v) is 5.37. The van der Waals surface area contributed by atoms with Gasteiger partial charge in [-0.2, -0.15) is 0 Å². The van der Waals surface area contributed by atoms with Crippen LogP contribution in [-0.4, -0.2) is 54.9 Å². The first-order valence-corrected chi connectivity index (χ1v) is 6.77. The lowest BCUT2D eigenvalue weighted by molar-refractivity contribution is 0.0900. The Morgan fingerprint density at radius 1 is 1.42 bits per heavy atom. The van der Waals surface area contributed by atoms with E-state index in [-0.39, 0.29) is 11.6 Å². The minimum absolute atomic E-state index is 0.00379. The van der Waals surface area contributed by atoms with Gasteiger partial charge in [-0.05, 0) is 39.1 Å². The van der Waals surface area contributed by atoms with Crippen molar-refractivity contribution in [3.63, 3.8) is 0 Å². The molecule has 0 aliphatic carbocycles. The molecule has 0 spiro atoms. The molecule has 1 aromatic rings. The smallest absolute Gasteiger partial charge is 0.176 e. The summed E-state index contributed by atoms with van der Waals surface area (Å²) >= 11 is 0. The minimum atomic E-state index is -0.352. The van der Waals surface area contributed by atoms with Crippen molar-refractivity contribution in [2.75, 3.05) is 33.2 Å². The predicted octanol–water partition coefficient (Wildman–Crippen LogP) is 2.03. The maximum absolute atomic E-state index is 13.1. The summed E-state index contributed by atoms with van der Waals surface area (Å²) in [5.74, 6) is -0.356. The lowest BCUT2D eigenvalue weighted by Crippen LogP contribution is -2.40. The zero-order chi connectivity index (χ0) is 13.8. The van der Waals surface area contributed by atoms with E-state index in [1.165, 1.54) is 12.1 Å². The number of rotatable bonds is 3. The van der Waals surface area contributed by atoms with Gasteiger partial charge >= 0.3 is 0 Å². The molecule has 1 fully saturated rings. The summed E-state index contributed by atoms with van der Waals surface area (Å²) in [5.41, 5.74) is 0.463. The van der Waals surface area contributed by atoms with E-state index in [1.807, 2.05) is 0 Å². The SMILES string of the molecule is CC1CN(C)CCCN1CC(=O)c1cccc(F)c1. The van der Waals surface area contributed by atoms with Crippen LogP contribution in [0.2, 0.25) is 0 Å². The van der Waals surface area contributed by atoms with E-state index in [0.29, 0.717) is 18.2 Å². The molecule has 0 radical (unpaired) electrons. The maximum Gasteiger partial charge on any atom is 0.176 e. The number of carbonyl (C=O) groups is 1. The number of hydrogen-bond acceptors (Lipinski definition) is 3. The van der Waals surface area contributed by atoms with Crippen LogP contribution in [0.3, 0.4) is 0 Å². The lowest BCUT2D eigenvalue weighted by atomic mass is 10.1. The number of carbonyl (C=O) groups excluding carboxylic acids is 1. The zero-order valence-electron chi connectivity index (χ0n) is 11.6. The molecule has 19 heavy (non-hydrogen) atoms. The van der Waals surface area contributed by atoms with Crippen molar-refractivity contribution in [2.45, 2.75) is 19.4 Å². The highest BCUT2D eigenvalue weighted by molar-refractivity contribution is 5.97. The standard InChI is InChI=1S/C15H21FN2O/c1-12-10-17(2)7-4-8-18(12)11-15(19)13-5-3-6-14(16)9-13/h3,5-6,9,12H,4,7-8,10-11H2,1-2H3. The number of halogens is 1. The third kappa shape index (κ3) is 3.85. The van der Waals surface area contributed by atoms with Gasteiger partial charge in [-0.1, -0.05) is 12.1 Å². The Bertz CT molecular complexity index is 450. The molecule has 0 N–H and O–H groups in total. The summed E-state index contributed by atoms with van der Waals surface area (Å²) in [5, 5.41) is 0. The van der Waals surface area contributed by atoms with Crippen molar-refractivity contribution in [1.82, 2.24) is 9.80 Å². The van der Waals surface area contributed by atoms with Gasteiger partial charge in [-0.15, -0.1) is 0 Å². The van der Waals surface area contributed by atoms with Gasteiger partial charge in [0.05, 0.1) is 6.54 Å². The molecule has 1 aromatic carbocycles. The van der Waals surface area contributed by atoms with E-state index in [9.17, 15) is 9.18 Å². The van der Waals surface area contributed by atoms with Crippen LogP contribution in [-0.2, 0) is 0 Å². The molecule has 3 nitrogen and oxygen atoms in total. The topological polar surface area (TPSA) is 23.6 Å². The van der Waals surface area contributed by atoms with E-state index >= 15 is 0 Å². The first kappa shape index (κ1) is 14.2. The van der Waals surface area contributed by atoms with Crippen LogP contribution in [0, 0.1) is 5.82 Å². The van der Waals surface area contributed by atoms with E-state index in [0.717, 1.165) is 26.1 Å². The second-order valence-electron chi connectivity index (χ2n) is 5.37. The lowest BCUT2D eigenvalue weighted by Gasteiger charge is -2.27. The van der Waals surface area contributed by atoms with Gasteiger partial charge in [0.2, 0.25) is 0 Å². The molecule has 1 atom stereocenters. The van der Waals surface area contributed by atoms with Crippen molar-refractivity contribution < 1.29 is 9.18 Å². The number of ketones is 1. The van der Waals surface area contributed by atoms with Crippen molar-refractivity contribution in [3.05, 3.63) is 35.6 Å². The van der Waals surface area contributed by atoms with Crippen LogP contribution in [0.1, 0.15) is 23.7 Å². The predicted molar refractivity (Wildman–Crippen MR) is 73.9 cm³/mol.